The molecule has 88 valence electrons. The number of nitrogens with zero attached hydrogens (tertiary/aromatic N) is 2. The molecule has 1 heterocycles. The van der Waals surface area contributed by atoms with Crippen LogP contribution in [-0.2, 0) is 0 Å². The Hall–Kier alpha value is -1.95. The Balaban J connectivity index is 2.40. The zero-order valence-corrected chi connectivity index (χ0v) is 10.3. The van der Waals surface area contributed by atoms with Gasteiger partial charge in [-0.15, -0.1) is 10.2 Å². The van der Waals surface area contributed by atoms with Gasteiger partial charge in [0.15, 0.2) is 5.11 Å². The van der Waals surface area contributed by atoms with E-state index >= 15 is 0 Å². The number of hydrogen-bond acceptors (Lipinski definition) is 4. The zero-order valence-electron chi connectivity index (χ0n) is 9.52. The molecule has 0 aliphatic rings. The van der Waals surface area contributed by atoms with Crippen molar-refractivity contribution in [3.63, 3.8) is 0 Å². The van der Waals surface area contributed by atoms with Crippen LogP contribution in [0.1, 0.15) is 11.5 Å². The minimum absolute atomic E-state index is 0.229. The summed E-state index contributed by atoms with van der Waals surface area (Å²) in [4.78, 5) is 0. The second kappa shape index (κ2) is 4.50. The molecule has 6 heteroatoms. The maximum Gasteiger partial charge on any atom is 0.247 e. The van der Waals surface area contributed by atoms with E-state index in [2.05, 4.69) is 15.5 Å². The summed E-state index contributed by atoms with van der Waals surface area (Å²) in [7, 11) is 0. The van der Waals surface area contributed by atoms with Crippen LogP contribution in [0.4, 0.5) is 5.69 Å². The highest BCUT2D eigenvalue weighted by Gasteiger charge is 2.08. The first-order valence-corrected chi connectivity index (χ1v) is 5.44. The van der Waals surface area contributed by atoms with E-state index in [1.807, 2.05) is 25.1 Å². The third kappa shape index (κ3) is 2.59. The second-order valence-electron chi connectivity index (χ2n) is 3.65. The van der Waals surface area contributed by atoms with Gasteiger partial charge in [-0.05, 0) is 36.8 Å². The van der Waals surface area contributed by atoms with Crippen molar-refractivity contribution in [2.75, 3.05) is 5.32 Å². The average Bonchev–Trinajstić information content (AvgIpc) is 2.67. The Labute approximate surface area is 104 Å². The predicted octanol–water partition coefficient (Wildman–Crippen LogP) is 2.01. The smallest absolute Gasteiger partial charge is 0.247 e. The van der Waals surface area contributed by atoms with Crippen LogP contribution < -0.4 is 11.1 Å². The lowest BCUT2D eigenvalue weighted by Gasteiger charge is -2.08. The fourth-order valence-corrected chi connectivity index (χ4v) is 1.55. The Kier molecular flexibility index (Phi) is 3.06. The molecule has 2 rings (SSSR count). The summed E-state index contributed by atoms with van der Waals surface area (Å²) in [6.45, 7) is 3.71. The number of thiocarbonyl (C=S) groups is 1. The highest BCUT2D eigenvalue weighted by atomic mass is 32.1. The van der Waals surface area contributed by atoms with E-state index in [0.29, 0.717) is 11.8 Å². The molecule has 0 aliphatic carbocycles. The van der Waals surface area contributed by atoms with Crippen molar-refractivity contribution in [3.8, 4) is 11.5 Å². The van der Waals surface area contributed by atoms with E-state index in [4.69, 9.17) is 22.4 Å². The van der Waals surface area contributed by atoms with Gasteiger partial charge in [-0.1, -0.05) is 6.07 Å². The third-order valence-electron chi connectivity index (χ3n) is 2.27. The number of rotatable bonds is 2. The molecule has 0 amide bonds. The highest BCUT2D eigenvalue weighted by molar-refractivity contribution is 7.80. The third-order valence-corrected chi connectivity index (χ3v) is 2.37. The lowest BCUT2D eigenvalue weighted by Crippen LogP contribution is -2.19. The second-order valence-corrected chi connectivity index (χ2v) is 4.09. The molecular formula is C11H12N4OS. The molecule has 5 nitrogen and oxygen atoms in total. The maximum absolute atomic E-state index is 5.46. The summed E-state index contributed by atoms with van der Waals surface area (Å²) < 4.78 is 5.36. The summed E-state index contributed by atoms with van der Waals surface area (Å²) in [6.07, 6.45) is 0. The van der Waals surface area contributed by atoms with Gasteiger partial charge in [0.2, 0.25) is 11.8 Å². The van der Waals surface area contributed by atoms with E-state index in [9.17, 15) is 0 Å². The van der Waals surface area contributed by atoms with Crippen molar-refractivity contribution in [3.05, 3.63) is 29.7 Å². The number of hydrogen-bond donors (Lipinski definition) is 2. The lowest BCUT2D eigenvalue weighted by molar-refractivity contribution is 0.533. The number of anilines is 1. The highest BCUT2D eigenvalue weighted by Crippen LogP contribution is 2.24. The van der Waals surface area contributed by atoms with Crippen LogP contribution >= 0.6 is 12.2 Å². The molecule has 0 unspecified atom stereocenters. The van der Waals surface area contributed by atoms with Gasteiger partial charge in [-0.2, -0.15) is 0 Å². The fraction of sp³-hybridized carbons (Fsp3) is 0.182. The van der Waals surface area contributed by atoms with Crippen LogP contribution in [0.3, 0.4) is 0 Å². The van der Waals surface area contributed by atoms with Gasteiger partial charge in [0.25, 0.3) is 0 Å². The number of nitrogens with one attached hydrogen (secondary N) is 1. The molecular weight excluding hydrogens is 236 g/mol. The first kappa shape index (κ1) is 11.5. The molecule has 17 heavy (non-hydrogen) atoms. The molecule has 0 saturated heterocycles. The predicted molar refractivity (Wildman–Crippen MR) is 69.6 cm³/mol. The van der Waals surface area contributed by atoms with Crippen LogP contribution in [0, 0.1) is 13.8 Å². The van der Waals surface area contributed by atoms with Gasteiger partial charge < -0.3 is 15.5 Å². The summed E-state index contributed by atoms with van der Waals surface area (Å²) >= 11 is 4.82. The van der Waals surface area contributed by atoms with Gasteiger partial charge in [0.05, 0.1) is 0 Å². The van der Waals surface area contributed by atoms with E-state index in [0.717, 1.165) is 16.8 Å². The first-order valence-electron chi connectivity index (χ1n) is 5.04. The van der Waals surface area contributed by atoms with Crippen molar-refractivity contribution in [1.29, 1.82) is 0 Å². The minimum atomic E-state index is 0.229. The van der Waals surface area contributed by atoms with Crippen molar-refractivity contribution in [1.82, 2.24) is 10.2 Å². The average molecular weight is 248 g/mol. The SMILES string of the molecule is Cc1nnc(-c2ccc(C)c(NC(N)=S)c2)o1. The van der Waals surface area contributed by atoms with Gasteiger partial charge >= 0.3 is 0 Å². The molecule has 0 atom stereocenters. The molecule has 3 N–H and O–H groups in total. The Bertz CT molecular complexity index is 564. The quantitative estimate of drug-likeness (QED) is 0.792. The summed E-state index contributed by atoms with van der Waals surface area (Å²) in [5, 5.41) is 10.9. The number of benzene rings is 1. The van der Waals surface area contributed by atoms with Crippen molar-refractivity contribution in [2.24, 2.45) is 5.73 Å². The number of aromatic nitrogens is 2. The largest absolute Gasteiger partial charge is 0.421 e. The van der Waals surface area contributed by atoms with E-state index in [-0.39, 0.29) is 5.11 Å². The molecule has 0 aliphatic heterocycles. The van der Waals surface area contributed by atoms with E-state index < -0.39 is 0 Å². The summed E-state index contributed by atoms with van der Waals surface area (Å²) in [6, 6.07) is 5.73. The summed E-state index contributed by atoms with van der Waals surface area (Å²) in [5.74, 6) is 1.01. The summed E-state index contributed by atoms with van der Waals surface area (Å²) in [5.41, 5.74) is 8.16. The molecule has 0 spiro atoms. The molecule has 1 aromatic carbocycles. The Morgan fingerprint density at radius 1 is 1.35 bits per heavy atom. The van der Waals surface area contributed by atoms with E-state index in [1.54, 1.807) is 6.92 Å². The molecule has 0 bridgehead atoms. The number of aryl methyl sites for hydroxylation is 2. The van der Waals surface area contributed by atoms with Crippen LogP contribution in [0.5, 0.6) is 0 Å². The first-order chi connectivity index (χ1) is 8.06. The van der Waals surface area contributed by atoms with Crippen molar-refractivity contribution >= 4 is 23.0 Å². The van der Waals surface area contributed by atoms with Crippen LogP contribution in [-0.4, -0.2) is 15.3 Å². The molecule has 2 aromatic rings. The lowest BCUT2D eigenvalue weighted by atomic mass is 10.1. The van der Waals surface area contributed by atoms with E-state index in [1.165, 1.54) is 0 Å². The number of nitrogens with two attached hydrogens (primary N) is 1. The molecule has 1 aromatic heterocycles. The van der Waals surface area contributed by atoms with Gasteiger partial charge in [0.1, 0.15) is 0 Å². The van der Waals surface area contributed by atoms with Gasteiger partial charge in [-0.25, -0.2) is 0 Å². The normalized spacial score (nSPS) is 10.2. The van der Waals surface area contributed by atoms with Crippen LogP contribution in [0.15, 0.2) is 22.6 Å². The minimum Gasteiger partial charge on any atom is -0.421 e. The van der Waals surface area contributed by atoms with Crippen LogP contribution in [0.25, 0.3) is 11.5 Å². The van der Waals surface area contributed by atoms with Crippen molar-refractivity contribution in [2.45, 2.75) is 13.8 Å². The van der Waals surface area contributed by atoms with Crippen LogP contribution in [0.2, 0.25) is 0 Å². The van der Waals surface area contributed by atoms with Crippen molar-refractivity contribution < 1.29 is 4.42 Å². The molecule has 0 fully saturated rings. The zero-order chi connectivity index (χ0) is 12.4. The Morgan fingerprint density at radius 2 is 2.12 bits per heavy atom. The van der Waals surface area contributed by atoms with Gasteiger partial charge in [0, 0.05) is 18.2 Å². The topological polar surface area (TPSA) is 77.0 Å². The molecule has 0 saturated carbocycles. The monoisotopic (exact) mass is 248 g/mol. The standard InChI is InChI=1S/C11H12N4OS/c1-6-3-4-8(5-9(6)13-11(12)17)10-15-14-7(2)16-10/h3-5H,1-2H3,(H3,12,13,17). The Morgan fingerprint density at radius 3 is 2.71 bits per heavy atom. The maximum atomic E-state index is 5.46. The molecule has 0 radical (unpaired) electrons. The van der Waals surface area contributed by atoms with Gasteiger partial charge in [-0.3, -0.25) is 0 Å². The fourth-order valence-electron chi connectivity index (χ4n) is 1.44.